The molecule has 0 saturated carbocycles. The second kappa shape index (κ2) is 5.34. The van der Waals surface area contributed by atoms with Crippen LogP contribution >= 0.6 is 0 Å². The molecule has 1 aromatic heterocycles. The van der Waals surface area contributed by atoms with E-state index >= 15 is 0 Å². The average Bonchev–Trinajstić information content (AvgIpc) is 2.94. The van der Waals surface area contributed by atoms with Gasteiger partial charge in [-0.1, -0.05) is 12.1 Å². The van der Waals surface area contributed by atoms with Crippen molar-refractivity contribution in [3.05, 3.63) is 53.9 Å². The molecule has 0 fully saturated rings. The molecule has 2 atom stereocenters. The summed E-state index contributed by atoms with van der Waals surface area (Å²) in [5, 5.41) is 0. The Kier molecular flexibility index (Phi) is 3.54. The first-order chi connectivity index (χ1) is 9.65. The summed E-state index contributed by atoms with van der Waals surface area (Å²) < 4.78 is 15.1. The summed E-state index contributed by atoms with van der Waals surface area (Å²) in [7, 11) is 0. The smallest absolute Gasteiger partial charge is 0.123 e. The van der Waals surface area contributed by atoms with E-state index in [9.17, 15) is 4.39 Å². The molecule has 2 N–H and O–H groups in total. The molecule has 2 heterocycles. The fraction of sp³-hybridized carbons (Fsp3) is 0.400. The molecule has 4 nitrogen and oxygen atoms in total. The molecule has 106 valence electrons. The lowest BCUT2D eigenvalue weighted by Gasteiger charge is -2.36. The predicted molar refractivity (Wildman–Crippen MR) is 75.4 cm³/mol. The Labute approximate surface area is 118 Å². The Hall–Kier alpha value is -1.72. The number of nitrogens with two attached hydrogens (primary N) is 1. The Bertz CT molecular complexity index is 578. The van der Waals surface area contributed by atoms with E-state index in [4.69, 9.17) is 5.73 Å². The summed E-state index contributed by atoms with van der Waals surface area (Å²) in [5.74, 6) is 0.850. The molecule has 0 radical (unpaired) electrons. The number of hydrogen-bond acceptors (Lipinski definition) is 3. The predicted octanol–water partition coefficient (Wildman–Crippen LogP) is 1.93. The minimum atomic E-state index is -0.228. The van der Waals surface area contributed by atoms with Crippen LogP contribution in [0.2, 0.25) is 0 Å². The number of nitrogens with zero attached hydrogens (tertiary/aromatic N) is 3. The summed E-state index contributed by atoms with van der Waals surface area (Å²) in [6, 6.07) is 6.52. The lowest BCUT2D eigenvalue weighted by Crippen LogP contribution is -2.44. The molecule has 20 heavy (non-hydrogen) atoms. The number of rotatable bonds is 3. The van der Waals surface area contributed by atoms with Gasteiger partial charge in [0.05, 0.1) is 6.54 Å². The van der Waals surface area contributed by atoms with Gasteiger partial charge in [0.1, 0.15) is 11.6 Å². The zero-order valence-electron chi connectivity index (χ0n) is 11.5. The van der Waals surface area contributed by atoms with Crippen LogP contribution in [0, 0.1) is 5.82 Å². The van der Waals surface area contributed by atoms with Crippen molar-refractivity contribution in [2.24, 2.45) is 5.73 Å². The van der Waals surface area contributed by atoms with E-state index < -0.39 is 0 Å². The van der Waals surface area contributed by atoms with Gasteiger partial charge in [-0.3, -0.25) is 4.90 Å². The van der Waals surface area contributed by atoms with Crippen molar-refractivity contribution >= 4 is 0 Å². The quantitative estimate of drug-likeness (QED) is 0.930. The lowest BCUT2D eigenvalue weighted by molar-refractivity contribution is 0.143. The molecule has 0 amide bonds. The van der Waals surface area contributed by atoms with Crippen molar-refractivity contribution in [2.75, 3.05) is 6.54 Å². The molecular weight excluding hydrogens is 255 g/mol. The van der Waals surface area contributed by atoms with E-state index in [1.807, 2.05) is 12.4 Å². The van der Waals surface area contributed by atoms with Crippen LogP contribution in [0.25, 0.3) is 0 Å². The SMILES string of the molecule is CC(C(N)c1ccc(F)cc1)N1CCn2ccnc2C1. The van der Waals surface area contributed by atoms with Crippen molar-refractivity contribution in [3.63, 3.8) is 0 Å². The average molecular weight is 274 g/mol. The van der Waals surface area contributed by atoms with Crippen LogP contribution < -0.4 is 5.73 Å². The van der Waals surface area contributed by atoms with E-state index in [0.717, 1.165) is 31.0 Å². The second-order valence-electron chi connectivity index (χ2n) is 5.33. The van der Waals surface area contributed by atoms with Gasteiger partial charge in [0.25, 0.3) is 0 Å². The van der Waals surface area contributed by atoms with Crippen LogP contribution in [0.4, 0.5) is 4.39 Å². The highest BCUT2D eigenvalue weighted by Gasteiger charge is 2.25. The molecule has 1 aromatic carbocycles. The minimum absolute atomic E-state index is 0.128. The summed E-state index contributed by atoms with van der Waals surface area (Å²) in [5.41, 5.74) is 7.29. The van der Waals surface area contributed by atoms with E-state index in [1.165, 1.54) is 12.1 Å². The van der Waals surface area contributed by atoms with Crippen LogP contribution in [0.3, 0.4) is 0 Å². The molecule has 0 bridgehead atoms. The van der Waals surface area contributed by atoms with Gasteiger partial charge in [-0.05, 0) is 24.6 Å². The van der Waals surface area contributed by atoms with E-state index in [0.29, 0.717) is 0 Å². The lowest BCUT2D eigenvalue weighted by atomic mass is 9.99. The molecule has 3 rings (SSSR count). The van der Waals surface area contributed by atoms with Crippen molar-refractivity contribution < 1.29 is 4.39 Å². The molecule has 1 aliphatic rings. The van der Waals surface area contributed by atoms with Crippen LogP contribution in [-0.2, 0) is 13.1 Å². The topological polar surface area (TPSA) is 47.1 Å². The maximum atomic E-state index is 13.0. The van der Waals surface area contributed by atoms with Gasteiger partial charge < -0.3 is 10.3 Å². The second-order valence-corrected chi connectivity index (χ2v) is 5.33. The van der Waals surface area contributed by atoms with Crippen LogP contribution in [0.5, 0.6) is 0 Å². The Morgan fingerprint density at radius 3 is 2.75 bits per heavy atom. The molecule has 0 saturated heterocycles. The largest absolute Gasteiger partial charge is 0.333 e. The summed E-state index contributed by atoms with van der Waals surface area (Å²) in [6.07, 6.45) is 3.85. The highest BCUT2D eigenvalue weighted by molar-refractivity contribution is 5.21. The number of halogens is 1. The first kappa shape index (κ1) is 13.3. The monoisotopic (exact) mass is 274 g/mol. The van der Waals surface area contributed by atoms with Gasteiger partial charge in [-0.2, -0.15) is 0 Å². The first-order valence-corrected chi connectivity index (χ1v) is 6.90. The zero-order valence-corrected chi connectivity index (χ0v) is 11.5. The summed E-state index contributed by atoms with van der Waals surface area (Å²) in [4.78, 5) is 6.69. The summed E-state index contributed by atoms with van der Waals surface area (Å²) >= 11 is 0. The molecule has 0 spiro atoms. The number of aromatic nitrogens is 2. The standard InChI is InChI=1S/C15H19FN4/c1-11(15(17)12-2-4-13(16)5-3-12)20-9-8-19-7-6-18-14(19)10-20/h2-7,11,15H,8-10,17H2,1H3. The van der Waals surface area contributed by atoms with E-state index in [1.54, 1.807) is 12.1 Å². The van der Waals surface area contributed by atoms with Gasteiger partial charge in [0.15, 0.2) is 0 Å². The third-order valence-corrected chi connectivity index (χ3v) is 4.12. The maximum Gasteiger partial charge on any atom is 0.123 e. The van der Waals surface area contributed by atoms with Gasteiger partial charge >= 0.3 is 0 Å². The highest BCUT2D eigenvalue weighted by atomic mass is 19.1. The highest BCUT2D eigenvalue weighted by Crippen LogP contribution is 2.22. The zero-order chi connectivity index (χ0) is 14.1. The fourth-order valence-electron chi connectivity index (χ4n) is 2.73. The number of fused-ring (bicyclic) bond motifs is 1. The van der Waals surface area contributed by atoms with Crippen molar-refractivity contribution in [1.82, 2.24) is 14.5 Å². The Morgan fingerprint density at radius 2 is 2.00 bits per heavy atom. The van der Waals surface area contributed by atoms with Crippen LogP contribution in [-0.4, -0.2) is 27.0 Å². The fourth-order valence-corrected chi connectivity index (χ4v) is 2.73. The molecule has 2 unspecified atom stereocenters. The number of imidazole rings is 1. The van der Waals surface area contributed by atoms with Gasteiger partial charge in [-0.15, -0.1) is 0 Å². The van der Waals surface area contributed by atoms with Gasteiger partial charge in [0.2, 0.25) is 0 Å². The minimum Gasteiger partial charge on any atom is -0.333 e. The van der Waals surface area contributed by atoms with Crippen LogP contribution in [0.15, 0.2) is 36.7 Å². The summed E-state index contributed by atoms with van der Waals surface area (Å²) in [6.45, 7) is 4.82. The molecule has 0 aliphatic carbocycles. The van der Waals surface area contributed by atoms with Crippen molar-refractivity contribution in [1.29, 1.82) is 0 Å². The third kappa shape index (κ3) is 2.46. The third-order valence-electron chi connectivity index (χ3n) is 4.12. The van der Waals surface area contributed by atoms with Crippen LogP contribution in [0.1, 0.15) is 24.4 Å². The van der Waals surface area contributed by atoms with Gasteiger partial charge in [0, 0.05) is 37.6 Å². The van der Waals surface area contributed by atoms with E-state index in [-0.39, 0.29) is 17.9 Å². The first-order valence-electron chi connectivity index (χ1n) is 6.90. The molecule has 1 aliphatic heterocycles. The normalized spacial score (nSPS) is 18.6. The van der Waals surface area contributed by atoms with Crippen molar-refractivity contribution in [2.45, 2.75) is 32.1 Å². The number of hydrogen-bond donors (Lipinski definition) is 1. The maximum absolute atomic E-state index is 13.0. The molecule has 2 aromatic rings. The van der Waals surface area contributed by atoms with E-state index in [2.05, 4.69) is 21.4 Å². The van der Waals surface area contributed by atoms with Crippen molar-refractivity contribution in [3.8, 4) is 0 Å². The molecular formula is C15H19FN4. The van der Waals surface area contributed by atoms with Gasteiger partial charge in [-0.25, -0.2) is 9.37 Å². The number of benzene rings is 1. The Balaban J connectivity index is 1.73. The molecule has 5 heteroatoms. The Morgan fingerprint density at radius 1 is 1.25 bits per heavy atom.